The van der Waals surface area contributed by atoms with Gasteiger partial charge in [-0.3, -0.25) is 4.99 Å². The second kappa shape index (κ2) is 3.50. The number of aliphatic imine (C=N–C) groups is 1. The Balaban J connectivity index is 2.55. The van der Waals surface area contributed by atoms with Crippen molar-refractivity contribution in [1.29, 1.82) is 0 Å². The minimum atomic E-state index is 0.154. The van der Waals surface area contributed by atoms with Gasteiger partial charge in [0.05, 0.1) is 21.3 Å². The molecule has 0 spiro atoms. The molecule has 0 aliphatic heterocycles. The van der Waals surface area contributed by atoms with E-state index in [1.807, 2.05) is 13.8 Å². The number of aromatic nitrogens is 1. The molecule has 1 atom stereocenters. The Morgan fingerprint density at radius 1 is 1.50 bits per heavy atom. The van der Waals surface area contributed by atoms with Crippen LogP contribution in [-0.2, 0) is 0 Å². The lowest BCUT2D eigenvalue weighted by atomic mass is 10.1. The Kier molecular flexibility index (Phi) is 2.33. The monoisotopic (exact) mass is 204 g/mol. The fraction of sp³-hybridized carbons (Fsp3) is 0.273. The van der Waals surface area contributed by atoms with Crippen molar-refractivity contribution in [2.75, 3.05) is 0 Å². The smallest absolute Gasteiger partial charge is 0.0907 e. The highest BCUT2D eigenvalue weighted by molar-refractivity contribution is 7.18. The molecule has 1 aromatic carbocycles. The van der Waals surface area contributed by atoms with Gasteiger partial charge in [0.1, 0.15) is 0 Å². The number of nitrogens with zero attached hydrogens (tertiary/aromatic N) is 2. The molecule has 2 nitrogen and oxygen atoms in total. The summed E-state index contributed by atoms with van der Waals surface area (Å²) in [6, 6.07) is 6.45. The van der Waals surface area contributed by atoms with Gasteiger partial charge in [-0.2, -0.15) is 0 Å². The molecule has 3 heteroatoms. The van der Waals surface area contributed by atoms with Crippen LogP contribution in [0.2, 0.25) is 0 Å². The first kappa shape index (κ1) is 9.34. The number of benzene rings is 1. The quantitative estimate of drug-likeness (QED) is 0.688. The molecule has 14 heavy (non-hydrogen) atoms. The fourth-order valence-corrected chi connectivity index (χ4v) is 2.23. The zero-order valence-corrected chi connectivity index (χ0v) is 9.14. The Bertz CT molecular complexity index is 473. The summed E-state index contributed by atoms with van der Waals surface area (Å²) in [5.74, 6) is 0. The topological polar surface area (TPSA) is 25.2 Å². The van der Waals surface area contributed by atoms with Gasteiger partial charge in [-0.1, -0.05) is 6.07 Å². The van der Waals surface area contributed by atoms with E-state index in [1.54, 1.807) is 11.3 Å². The molecule has 0 saturated heterocycles. The van der Waals surface area contributed by atoms with Crippen LogP contribution in [0.5, 0.6) is 0 Å². The van der Waals surface area contributed by atoms with E-state index in [9.17, 15) is 0 Å². The number of thiazole rings is 1. The van der Waals surface area contributed by atoms with E-state index >= 15 is 0 Å². The second-order valence-corrected chi connectivity index (χ2v) is 4.55. The van der Waals surface area contributed by atoms with Gasteiger partial charge in [0.2, 0.25) is 0 Å². The van der Waals surface area contributed by atoms with Gasteiger partial charge in [0.25, 0.3) is 0 Å². The maximum Gasteiger partial charge on any atom is 0.0907 e. The van der Waals surface area contributed by atoms with Crippen molar-refractivity contribution in [3.05, 3.63) is 28.8 Å². The summed E-state index contributed by atoms with van der Waals surface area (Å²) in [5, 5.41) is 1.11. The van der Waals surface area contributed by atoms with Gasteiger partial charge in [0, 0.05) is 0 Å². The van der Waals surface area contributed by atoms with Gasteiger partial charge >= 0.3 is 0 Å². The van der Waals surface area contributed by atoms with Crippen LogP contribution in [0.4, 0.5) is 0 Å². The van der Waals surface area contributed by atoms with Crippen LogP contribution >= 0.6 is 11.3 Å². The minimum absolute atomic E-state index is 0.154. The van der Waals surface area contributed by atoms with Crippen LogP contribution in [0.15, 0.2) is 23.2 Å². The minimum Gasteiger partial charge on any atom is -0.293 e. The Labute approximate surface area is 87.3 Å². The van der Waals surface area contributed by atoms with E-state index in [2.05, 4.69) is 34.9 Å². The highest BCUT2D eigenvalue weighted by atomic mass is 32.1. The summed E-state index contributed by atoms with van der Waals surface area (Å²) in [5.41, 5.74) is 2.25. The van der Waals surface area contributed by atoms with E-state index < -0.39 is 0 Å². The molecule has 0 saturated carbocycles. The summed E-state index contributed by atoms with van der Waals surface area (Å²) in [7, 11) is 0. The molecule has 0 aliphatic carbocycles. The predicted molar refractivity (Wildman–Crippen MR) is 62.3 cm³/mol. The van der Waals surface area contributed by atoms with Crippen molar-refractivity contribution in [1.82, 2.24) is 4.98 Å². The molecule has 1 heterocycles. The first-order valence-corrected chi connectivity index (χ1v) is 5.35. The molecule has 0 aliphatic rings. The largest absolute Gasteiger partial charge is 0.293 e. The van der Waals surface area contributed by atoms with Crippen LogP contribution < -0.4 is 0 Å². The highest BCUT2D eigenvalue weighted by Crippen LogP contribution is 2.25. The van der Waals surface area contributed by atoms with Crippen LogP contribution in [0.3, 0.4) is 0 Å². The van der Waals surface area contributed by atoms with Crippen molar-refractivity contribution in [3.63, 3.8) is 0 Å². The summed E-state index contributed by atoms with van der Waals surface area (Å²) in [4.78, 5) is 8.44. The van der Waals surface area contributed by atoms with E-state index in [1.165, 1.54) is 10.3 Å². The zero-order valence-electron chi connectivity index (χ0n) is 8.32. The number of rotatable bonds is 2. The molecule has 0 N–H and O–H groups in total. The Hall–Kier alpha value is -1.22. The molecule has 0 fully saturated rings. The van der Waals surface area contributed by atoms with Crippen LogP contribution in [-0.4, -0.2) is 11.7 Å². The molecule has 0 amide bonds. The predicted octanol–water partition coefficient (Wildman–Crippen LogP) is 3.37. The Morgan fingerprint density at radius 2 is 2.29 bits per heavy atom. The van der Waals surface area contributed by atoms with Gasteiger partial charge in [-0.15, -0.1) is 11.3 Å². The van der Waals surface area contributed by atoms with Crippen molar-refractivity contribution in [3.8, 4) is 0 Å². The highest BCUT2D eigenvalue weighted by Gasteiger charge is 2.05. The average molecular weight is 204 g/mol. The number of hydrogen-bond acceptors (Lipinski definition) is 3. The van der Waals surface area contributed by atoms with Crippen molar-refractivity contribution >= 4 is 28.3 Å². The summed E-state index contributed by atoms with van der Waals surface area (Å²) >= 11 is 1.72. The van der Waals surface area contributed by atoms with Gasteiger partial charge < -0.3 is 0 Å². The Morgan fingerprint density at radius 3 is 3.00 bits per heavy atom. The van der Waals surface area contributed by atoms with Crippen LogP contribution in [0.1, 0.15) is 23.5 Å². The molecule has 2 rings (SSSR count). The van der Waals surface area contributed by atoms with Crippen LogP contribution in [0, 0.1) is 6.92 Å². The number of hydrogen-bond donors (Lipinski definition) is 0. The lowest BCUT2D eigenvalue weighted by Gasteiger charge is -2.04. The molecule has 2 aromatic rings. The first-order valence-electron chi connectivity index (χ1n) is 4.53. The summed E-state index contributed by atoms with van der Waals surface area (Å²) in [6.45, 7) is 7.62. The maximum absolute atomic E-state index is 4.45. The van der Waals surface area contributed by atoms with Gasteiger partial charge in [-0.05, 0) is 38.3 Å². The maximum atomic E-state index is 4.45. The third-order valence-corrected chi connectivity index (χ3v) is 3.23. The lowest BCUT2D eigenvalue weighted by Crippen LogP contribution is -1.87. The summed E-state index contributed by atoms with van der Waals surface area (Å²) in [6.07, 6.45) is 0. The summed E-state index contributed by atoms with van der Waals surface area (Å²) < 4.78 is 1.24. The third kappa shape index (κ3) is 1.55. The van der Waals surface area contributed by atoms with Crippen molar-refractivity contribution in [2.24, 2.45) is 4.99 Å². The SMILES string of the molecule is C=N[C@@H](C)c1ccc2sc(C)nc2c1. The number of fused-ring (bicyclic) bond motifs is 1. The molecular weight excluding hydrogens is 192 g/mol. The van der Waals surface area contributed by atoms with E-state index in [4.69, 9.17) is 0 Å². The normalized spacial score (nSPS) is 13.0. The van der Waals surface area contributed by atoms with Crippen LogP contribution in [0.25, 0.3) is 10.2 Å². The van der Waals surface area contributed by atoms with E-state index in [0.29, 0.717) is 0 Å². The molecule has 72 valence electrons. The van der Waals surface area contributed by atoms with Crippen molar-refractivity contribution in [2.45, 2.75) is 19.9 Å². The first-order chi connectivity index (χ1) is 6.70. The number of aryl methyl sites for hydroxylation is 1. The average Bonchev–Trinajstić information content (AvgIpc) is 2.55. The molecule has 0 bridgehead atoms. The standard InChI is InChI=1S/C11H12N2S/c1-7(12-3)9-4-5-11-10(6-9)13-8(2)14-11/h4-7H,3H2,1-2H3/t7-/m0/s1. The van der Waals surface area contributed by atoms with E-state index in [-0.39, 0.29) is 6.04 Å². The van der Waals surface area contributed by atoms with E-state index in [0.717, 1.165) is 10.5 Å². The third-order valence-electron chi connectivity index (χ3n) is 2.27. The van der Waals surface area contributed by atoms with Gasteiger partial charge in [-0.25, -0.2) is 4.98 Å². The van der Waals surface area contributed by atoms with Crippen molar-refractivity contribution < 1.29 is 0 Å². The van der Waals surface area contributed by atoms with Gasteiger partial charge in [0.15, 0.2) is 0 Å². The molecule has 0 unspecified atom stereocenters. The molecular formula is C11H12N2S. The molecule has 0 radical (unpaired) electrons. The molecule has 1 aromatic heterocycles. The zero-order chi connectivity index (χ0) is 10.1. The second-order valence-electron chi connectivity index (χ2n) is 3.32. The lowest BCUT2D eigenvalue weighted by molar-refractivity contribution is 0.830. The fourth-order valence-electron chi connectivity index (χ4n) is 1.42.